The highest BCUT2D eigenvalue weighted by Gasteiger charge is 2.28. The molecule has 0 aliphatic heterocycles. The second kappa shape index (κ2) is 7.81. The Balaban J connectivity index is 2.77. The number of hydrogen-bond acceptors (Lipinski definition) is 2. The number of halogens is 3. The Hall–Kier alpha value is -0.840. The van der Waals surface area contributed by atoms with Crippen LogP contribution in [0.3, 0.4) is 0 Å². The van der Waals surface area contributed by atoms with Gasteiger partial charge in [-0.05, 0) is 19.4 Å². The molecule has 1 amide bonds. The van der Waals surface area contributed by atoms with Crippen molar-refractivity contribution in [2.75, 3.05) is 6.67 Å². The first kappa shape index (κ1) is 17.2. The van der Waals surface area contributed by atoms with Crippen LogP contribution in [0.5, 0.6) is 0 Å². The van der Waals surface area contributed by atoms with Gasteiger partial charge in [0.2, 0.25) is 0 Å². The number of amides is 1. The number of ether oxygens (including phenoxy) is 1. The fraction of sp³-hybridized carbons (Fsp3) is 0.500. The molecule has 6 heteroatoms. The molecular formula is C14H18Cl2FNO2. The van der Waals surface area contributed by atoms with E-state index in [2.05, 4.69) is 5.32 Å². The highest BCUT2D eigenvalue weighted by Crippen LogP contribution is 2.26. The summed E-state index contributed by atoms with van der Waals surface area (Å²) >= 11 is 11.0. The molecule has 0 radical (unpaired) electrons. The molecule has 3 nitrogen and oxygen atoms in total. The smallest absolute Gasteiger partial charge is 0.255 e. The maximum atomic E-state index is 12.7. The topological polar surface area (TPSA) is 38.3 Å². The lowest BCUT2D eigenvalue weighted by Gasteiger charge is -2.32. The van der Waals surface area contributed by atoms with Gasteiger partial charge in [-0.1, -0.05) is 53.5 Å². The molecule has 1 atom stereocenters. The van der Waals surface area contributed by atoms with Gasteiger partial charge in [0.25, 0.3) is 5.91 Å². The number of hydrogen-bond donors (Lipinski definition) is 1. The number of carbonyl (C=O) groups excluding carboxylic acids is 1. The molecule has 0 saturated carbocycles. The highest BCUT2D eigenvalue weighted by molar-refractivity contribution is 6.53. The van der Waals surface area contributed by atoms with Gasteiger partial charge >= 0.3 is 0 Å². The van der Waals surface area contributed by atoms with E-state index in [1.807, 2.05) is 30.3 Å². The number of benzene rings is 1. The summed E-state index contributed by atoms with van der Waals surface area (Å²) in [4.78, 5) is 10.3. The minimum atomic E-state index is -1.17. The lowest BCUT2D eigenvalue weighted by atomic mass is 10.1. The lowest BCUT2D eigenvalue weighted by molar-refractivity contribution is -0.137. The summed E-state index contributed by atoms with van der Waals surface area (Å²) in [6, 6.07) is 9.27. The minimum Gasteiger partial charge on any atom is -0.348 e. The van der Waals surface area contributed by atoms with Crippen LogP contribution in [0.2, 0.25) is 0 Å². The van der Waals surface area contributed by atoms with Gasteiger partial charge in [0.05, 0.1) is 12.8 Å². The maximum Gasteiger partial charge on any atom is 0.255 e. The third-order valence-corrected chi connectivity index (χ3v) is 3.00. The zero-order valence-corrected chi connectivity index (χ0v) is 12.9. The second-order valence-corrected chi connectivity index (χ2v) is 5.89. The Morgan fingerprint density at radius 3 is 2.45 bits per heavy atom. The fourth-order valence-electron chi connectivity index (χ4n) is 1.80. The first-order valence-electron chi connectivity index (χ1n) is 6.24. The van der Waals surface area contributed by atoms with Crippen molar-refractivity contribution in [1.29, 1.82) is 0 Å². The summed E-state index contributed by atoms with van der Waals surface area (Å²) in [5.74, 6) is -0.551. The molecule has 0 aromatic heterocycles. The van der Waals surface area contributed by atoms with Gasteiger partial charge in [-0.15, -0.1) is 0 Å². The van der Waals surface area contributed by atoms with Crippen LogP contribution < -0.4 is 5.32 Å². The fourth-order valence-corrected chi connectivity index (χ4v) is 1.91. The van der Waals surface area contributed by atoms with Crippen molar-refractivity contribution < 1.29 is 13.9 Å². The van der Waals surface area contributed by atoms with Crippen molar-refractivity contribution in [1.82, 2.24) is 5.32 Å². The molecule has 0 unspecified atom stereocenters. The van der Waals surface area contributed by atoms with Crippen LogP contribution in [0.15, 0.2) is 30.3 Å². The monoisotopic (exact) mass is 321 g/mol. The number of alkyl halides is 3. The van der Waals surface area contributed by atoms with Gasteiger partial charge in [0.1, 0.15) is 5.72 Å². The number of nitrogens with one attached hydrogen (secondary N) is 1. The van der Waals surface area contributed by atoms with E-state index in [-0.39, 0.29) is 6.42 Å². The minimum absolute atomic E-state index is 0.203. The van der Waals surface area contributed by atoms with Crippen molar-refractivity contribution in [3.8, 4) is 0 Å². The first-order chi connectivity index (χ1) is 9.35. The van der Waals surface area contributed by atoms with Crippen molar-refractivity contribution in [3.05, 3.63) is 35.9 Å². The summed E-state index contributed by atoms with van der Waals surface area (Å²) in [7, 11) is 0. The van der Waals surface area contributed by atoms with E-state index in [9.17, 15) is 9.18 Å². The van der Waals surface area contributed by atoms with Crippen LogP contribution in [0, 0.1) is 0 Å². The zero-order valence-electron chi connectivity index (χ0n) is 11.4. The van der Waals surface area contributed by atoms with Crippen molar-refractivity contribution in [3.63, 3.8) is 0 Å². The standard InChI is InChI=1S/C14H18Cl2FNO2/c1-14(2,18-13(19)12(15)16)20-11(8-9-17)10-6-4-3-5-7-10/h3-7,11-12H,8-9H2,1-2H3,(H,18,19)/t11-/m0/s1. The average molecular weight is 322 g/mol. The summed E-state index contributed by atoms with van der Waals surface area (Å²) in [5.41, 5.74) is -0.157. The Kier molecular flexibility index (Phi) is 6.72. The molecule has 0 bridgehead atoms. The van der Waals surface area contributed by atoms with Crippen LogP contribution in [-0.2, 0) is 9.53 Å². The average Bonchev–Trinajstić information content (AvgIpc) is 2.38. The van der Waals surface area contributed by atoms with Crippen LogP contribution in [0.25, 0.3) is 0 Å². The maximum absolute atomic E-state index is 12.7. The van der Waals surface area contributed by atoms with Crippen LogP contribution in [0.4, 0.5) is 4.39 Å². The van der Waals surface area contributed by atoms with Gasteiger partial charge < -0.3 is 10.1 Å². The molecule has 1 N–H and O–H groups in total. The molecular weight excluding hydrogens is 304 g/mol. The summed E-state index contributed by atoms with van der Waals surface area (Å²) in [5, 5.41) is 2.57. The van der Waals surface area contributed by atoms with E-state index in [4.69, 9.17) is 27.9 Å². The van der Waals surface area contributed by atoms with Crippen molar-refractivity contribution in [2.45, 2.75) is 36.9 Å². The SMILES string of the molecule is CC(C)(NC(=O)C(Cl)Cl)O[C@@H](CCF)c1ccccc1. The first-order valence-corrected chi connectivity index (χ1v) is 7.12. The molecule has 0 fully saturated rings. The molecule has 0 spiro atoms. The van der Waals surface area contributed by atoms with Crippen molar-refractivity contribution >= 4 is 29.1 Å². The summed E-state index contributed by atoms with van der Waals surface area (Å²) in [6.07, 6.45) is -0.255. The molecule has 1 aromatic rings. The predicted octanol–water partition coefficient (Wildman–Crippen LogP) is 3.76. The Morgan fingerprint density at radius 1 is 1.35 bits per heavy atom. The second-order valence-electron chi connectivity index (χ2n) is 4.80. The lowest BCUT2D eigenvalue weighted by Crippen LogP contribution is -2.48. The molecule has 1 aromatic carbocycles. The third-order valence-electron chi connectivity index (χ3n) is 2.60. The van der Waals surface area contributed by atoms with E-state index in [1.54, 1.807) is 13.8 Å². The molecule has 0 aliphatic rings. The van der Waals surface area contributed by atoms with Gasteiger partial charge in [-0.3, -0.25) is 9.18 Å². The van der Waals surface area contributed by atoms with Gasteiger partial charge in [0, 0.05) is 6.42 Å². The summed E-state index contributed by atoms with van der Waals surface area (Å²) in [6.45, 7) is 2.81. The van der Waals surface area contributed by atoms with Gasteiger partial charge in [0.15, 0.2) is 4.84 Å². The van der Waals surface area contributed by atoms with E-state index in [0.717, 1.165) is 5.56 Å². The number of rotatable bonds is 7. The molecule has 0 aliphatic carbocycles. The van der Waals surface area contributed by atoms with E-state index >= 15 is 0 Å². The normalized spacial score (nSPS) is 13.3. The molecule has 112 valence electrons. The number of carbonyl (C=O) groups is 1. The molecule has 1 rings (SSSR count). The highest BCUT2D eigenvalue weighted by atomic mass is 35.5. The third kappa shape index (κ3) is 5.65. The quantitative estimate of drug-likeness (QED) is 0.613. The Bertz CT molecular complexity index is 426. The summed E-state index contributed by atoms with van der Waals surface area (Å²) < 4.78 is 18.5. The zero-order chi connectivity index (χ0) is 15.2. The molecule has 0 heterocycles. The molecule has 0 saturated heterocycles. The van der Waals surface area contributed by atoms with Crippen LogP contribution >= 0.6 is 23.2 Å². The van der Waals surface area contributed by atoms with E-state index in [0.29, 0.717) is 0 Å². The van der Waals surface area contributed by atoms with Crippen LogP contribution in [0.1, 0.15) is 31.9 Å². The van der Waals surface area contributed by atoms with Gasteiger partial charge in [-0.2, -0.15) is 0 Å². The van der Waals surface area contributed by atoms with E-state index < -0.39 is 29.2 Å². The predicted molar refractivity (Wildman–Crippen MR) is 78.6 cm³/mol. The van der Waals surface area contributed by atoms with E-state index in [1.165, 1.54) is 0 Å². The van der Waals surface area contributed by atoms with Gasteiger partial charge in [-0.25, -0.2) is 0 Å². The molecule has 20 heavy (non-hydrogen) atoms. The van der Waals surface area contributed by atoms with Crippen LogP contribution in [-0.4, -0.2) is 23.1 Å². The Morgan fingerprint density at radius 2 is 1.95 bits per heavy atom. The van der Waals surface area contributed by atoms with Crippen molar-refractivity contribution in [2.24, 2.45) is 0 Å². The Labute approximate surface area is 128 Å². The largest absolute Gasteiger partial charge is 0.348 e.